The molecule has 32 heavy (non-hydrogen) atoms. The highest BCUT2D eigenvalue weighted by Crippen LogP contribution is 2.31. The highest BCUT2D eigenvalue weighted by molar-refractivity contribution is 5.83. The Morgan fingerprint density at radius 1 is 1.22 bits per heavy atom. The summed E-state index contributed by atoms with van der Waals surface area (Å²) in [5.41, 5.74) is 3.04. The van der Waals surface area contributed by atoms with Crippen molar-refractivity contribution < 1.29 is 4.79 Å². The van der Waals surface area contributed by atoms with Gasteiger partial charge in [-0.05, 0) is 55.1 Å². The summed E-state index contributed by atoms with van der Waals surface area (Å²) < 4.78 is 1.58. The number of aryl methyl sites for hydroxylation is 1. The highest BCUT2D eigenvalue weighted by atomic mass is 16.2. The molecule has 2 aliphatic rings. The molecule has 1 aliphatic heterocycles. The fourth-order valence-electron chi connectivity index (χ4n) is 4.69. The van der Waals surface area contributed by atoms with Gasteiger partial charge in [-0.15, -0.1) is 0 Å². The number of amides is 2. The van der Waals surface area contributed by atoms with Crippen LogP contribution < -0.4 is 16.2 Å². The summed E-state index contributed by atoms with van der Waals surface area (Å²) in [5.74, 6) is 0.122. The van der Waals surface area contributed by atoms with Crippen LogP contribution in [-0.2, 0) is 13.6 Å². The lowest BCUT2D eigenvalue weighted by molar-refractivity contribution is 0.183. The maximum absolute atomic E-state index is 13.4. The van der Waals surface area contributed by atoms with E-state index in [1.54, 1.807) is 23.9 Å². The van der Waals surface area contributed by atoms with Crippen LogP contribution in [0.3, 0.4) is 0 Å². The van der Waals surface area contributed by atoms with Gasteiger partial charge in [0, 0.05) is 62.0 Å². The van der Waals surface area contributed by atoms with E-state index in [0.717, 1.165) is 47.8 Å². The molecular weight excluding hydrogens is 402 g/mol. The molecule has 2 amide bonds. The van der Waals surface area contributed by atoms with Crippen molar-refractivity contribution in [3.63, 3.8) is 0 Å². The molecule has 2 aromatic heterocycles. The average molecular weight is 432 g/mol. The largest absolute Gasteiger partial charge is 0.333 e. The Hall–Kier alpha value is -3.19. The van der Waals surface area contributed by atoms with Gasteiger partial charge in [0.2, 0.25) is 0 Å². The Labute approximate surface area is 187 Å². The van der Waals surface area contributed by atoms with Crippen molar-refractivity contribution in [1.29, 1.82) is 0 Å². The van der Waals surface area contributed by atoms with Gasteiger partial charge in [0.25, 0.3) is 5.56 Å². The number of benzene rings is 1. The number of rotatable bonds is 5. The summed E-state index contributed by atoms with van der Waals surface area (Å²) in [4.78, 5) is 32.0. The van der Waals surface area contributed by atoms with Crippen molar-refractivity contribution in [2.45, 2.75) is 43.8 Å². The van der Waals surface area contributed by atoms with Crippen LogP contribution in [0.25, 0.3) is 10.9 Å². The first-order valence-electron chi connectivity index (χ1n) is 11.4. The molecule has 7 nitrogen and oxygen atoms in total. The van der Waals surface area contributed by atoms with Gasteiger partial charge in [0.05, 0.1) is 5.52 Å². The van der Waals surface area contributed by atoms with Crippen LogP contribution in [-0.4, -0.2) is 45.7 Å². The van der Waals surface area contributed by atoms with Gasteiger partial charge in [0.1, 0.15) is 0 Å². The normalized spacial score (nSPS) is 20.8. The van der Waals surface area contributed by atoms with Gasteiger partial charge in [-0.3, -0.25) is 9.78 Å². The van der Waals surface area contributed by atoms with Crippen LogP contribution in [0.5, 0.6) is 0 Å². The Kier molecular flexibility index (Phi) is 5.66. The molecule has 2 N–H and O–H groups in total. The summed E-state index contributed by atoms with van der Waals surface area (Å²) in [6.07, 6.45) is 6.57. The topological polar surface area (TPSA) is 79.3 Å². The van der Waals surface area contributed by atoms with Crippen molar-refractivity contribution in [1.82, 2.24) is 25.1 Å². The van der Waals surface area contributed by atoms with Gasteiger partial charge >= 0.3 is 6.03 Å². The second kappa shape index (κ2) is 8.74. The highest BCUT2D eigenvalue weighted by Gasteiger charge is 2.35. The minimum absolute atomic E-state index is 0.0183. The molecule has 2 fully saturated rings. The minimum Gasteiger partial charge on any atom is -0.333 e. The molecule has 3 aromatic rings. The quantitative estimate of drug-likeness (QED) is 0.651. The van der Waals surface area contributed by atoms with Crippen molar-refractivity contribution in [3.8, 4) is 0 Å². The lowest BCUT2D eigenvalue weighted by atomic mass is 9.86. The van der Waals surface area contributed by atoms with Crippen molar-refractivity contribution in [2.24, 2.45) is 7.05 Å². The number of urea groups is 1. The van der Waals surface area contributed by atoms with Crippen LogP contribution in [0.2, 0.25) is 0 Å². The van der Waals surface area contributed by atoms with Crippen LogP contribution in [0.4, 0.5) is 4.79 Å². The van der Waals surface area contributed by atoms with E-state index >= 15 is 0 Å². The fourth-order valence-corrected chi connectivity index (χ4v) is 4.69. The minimum atomic E-state index is -0.0567. The fraction of sp³-hybridized carbons (Fsp3) is 0.400. The third kappa shape index (κ3) is 4.25. The summed E-state index contributed by atoms with van der Waals surface area (Å²) in [6.45, 7) is 2.14. The van der Waals surface area contributed by atoms with Gasteiger partial charge in [-0.25, -0.2) is 4.79 Å². The molecule has 166 valence electrons. The SMILES string of the molecule is Cn1ccc([C@@H]2CCNC[C@H]2NC(=O)N(Cc2cccc3ncccc23)C2CC2)cc1=O. The summed E-state index contributed by atoms with van der Waals surface area (Å²) in [7, 11) is 1.75. The van der Waals surface area contributed by atoms with E-state index in [1.807, 2.05) is 35.4 Å². The Morgan fingerprint density at radius 3 is 2.91 bits per heavy atom. The third-order valence-electron chi connectivity index (χ3n) is 6.67. The van der Waals surface area contributed by atoms with E-state index in [1.165, 1.54) is 0 Å². The molecule has 3 heterocycles. The molecule has 0 spiro atoms. The van der Waals surface area contributed by atoms with E-state index in [0.29, 0.717) is 13.1 Å². The van der Waals surface area contributed by atoms with E-state index in [2.05, 4.69) is 27.8 Å². The number of fused-ring (bicyclic) bond motifs is 1. The predicted molar refractivity (Wildman–Crippen MR) is 125 cm³/mol. The first kappa shape index (κ1) is 20.7. The Morgan fingerprint density at radius 2 is 2.09 bits per heavy atom. The Bertz CT molecular complexity index is 1180. The first-order chi connectivity index (χ1) is 15.6. The second-order valence-electron chi connectivity index (χ2n) is 8.91. The van der Waals surface area contributed by atoms with Crippen LogP contribution in [0.15, 0.2) is 59.7 Å². The number of pyridine rings is 2. The van der Waals surface area contributed by atoms with Crippen molar-refractivity contribution in [2.75, 3.05) is 13.1 Å². The zero-order valence-corrected chi connectivity index (χ0v) is 18.3. The molecular formula is C25H29N5O2. The van der Waals surface area contributed by atoms with Gasteiger partial charge in [-0.2, -0.15) is 0 Å². The molecule has 7 heteroatoms. The van der Waals surface area contributed by atoms with Crippen molar-refractivity contribution in [3.05, 3.63) is 76.3 Å². The number of hydrogen-bond acceptors (Lipinski definition) is 4. The third-order valence-corrected chi connectivity index (χ3v) is 6.67. The number of carbonyl (C=O) groups excluding carboxylic acids is 1. The van der Waals surface area contributed by atoms with Gasteiger partial charge in [0.15, 0.2) is 0 Å². The first-order valence-corrected chi connectivity index (χ1v) is 11.4. The lowest BCUT2D eigenvalue weighted by Gasteiger charge is -2.35. The number of carbonyl (C=O) groups is 1. The molecule has 1 saturated carbocycles. The molecule has 0 bridgehead atoms. The zero-order valence-electron chi connectivity index (χ0n) is 18.3. The number of piperidine rings is 1. The maximum atomic E-state index is 13.4. The van der Waals surface area contributed by atoms with Gasteiger partial charge < -0.3 is 20.1 Å². The Balaban J connectivity index is 1.36. The summed E-state index contributed by atoms with van der Waals surface area (Å²) >= 11 is 0. The number of nitrogens with zero attached hydrogens (tertiary/aromatic N) is 3. The molecule has 2 atom stereocenters. The van der Waals surface area contributed by atoms with Crippen LogP contribution >= 0.6 is 0 Å². The smallest absolute Gasteiger partial charge is 0.318 e. The number of nitrogens with one attached hydrogen (secondary N) is 2. The monoisotopic (exact) mass is 431 g/mol. The van der Waals surface area contributed by atoms with E-state index < -0.39 is 0 Å². The van der Waals surface area contributed by atoms with E-state index in [4.69, 9.17) is 0 Å². The second-order valence-corrected chi connectivity index (χ2v) is 8.91. The summed E-state index contributed by atoms with van der Waals surface area (Å²) in [6, 6.07) is 14.0. The number of hydrogen-bond donors (Lipinski definition) is 2. The van der Waals surface area contributed by atoms with E-state index in [-0.39, 0.29) is 29.6 Å². The molecule has 5 rings (SSSR count). The zero-order chi connectivity index (χ0) is 22.1. The summed E-state index contributed by atoms with van der Waals surface area (Å²) in [5, 5.41) is 7.78. The molecule has 1 aromatic carbocycles. The van der Waals surface area contributed by atoms with Crippen LogP contribution in [0.1, 0.15) is 36.3 Å². The predicted octanol–water partition coefficient (Wildman–Crippen LogP) is 2.75. The van der Waals surface area contributed by atoms with Gasteiger partial charge in [-0.1, -0.05) is 18.2 Å². The average Bonchev–Trinajstić information content (AvgIpc) is 3.65. The maximum Gasteiger partial charge on any atom is 0.318 e. The van der Waals surface area contributed by atoms with E-state index in [9.17, 15) is 9.59 Å². The number of aromatic nitrogens is 2. The molecule has 1 saturated heterocycles. The van der Waals surface area contributed by atoms with Crippen LogP contribution in [0, 0.1) is 0 Å². The van der Waals surface area contributed by atoms with Crippen molar-refractivity contribution >= 4 is 16.9 Å². The molecule has 1 aliphatic carbocycles. The molecule has 0 radical (unpaired) electrons. The lowest BCUT2D eigenvalue weighted by Crippen LogP contribution is -2.53. The molecule has 0 unspecified atom stereocenters. The standard InChI is InChI=1S/C25H29N5O2/c1-29-13-10-17(14-24(29)31)21-9-12-26-15-23(21)28-25(32)30(19-7-8-19)16-18-4-2-6-22-20(18)5-3-11-27-22/h2-6,10-11,13-14,19,21,23,26H,7-9,12,15-16H2,1H3,(H,28,32)/t21-,23+/m0/s1.